The number of aliphatic hydroxyl groups is 1. The van der Waals surface area contributed by atoms with Crippen LogP contribution < -0.4 is 11.5 Å². The summed E-state index contributed by atoms with van der Waals surface area (Å²) in [5.74, 6) is 0.109. The van der Waals surface area contributed by atoms with Gasteiger partial charge in [-0.1, -0.05) is 4.57 Å². The van der Waals surface area contributed by atoms with E-state index in [-0.39, 0.29) is 18.4 Å². The molecule has 2 aromatic heterocycles. The lowest BCUT2D eigenvalue weighted by Gasteiger charge is -2.20. The number of nitrogens with zero attached hydrogens (tertiary/aromatic N) is 4. The highest BCUT2D eigenvalue weighted by Crippen LogP contribution is 2.39. The molecule has 0 bridgehead atoms. The fourth-order valence-electron chi connectivity index (χ4n) is 2.70. The fourth-order valence-corrected chi connectivity index (χ4v) is 3.45. The highest BCUT2D eigenvalue weighted by molar-refractivity contribution is 8.25. The molecular weight excluding hydrogens is 359 g/mol. The number of hydrogen-bond acceptors (Lipinski definition) is 11. The molecule has 5 atom stereocenters. The van der Waals surface area contributed by atoms with Crippen molar-refractivity contribution in [3.8, 4) is 0 Å². The first-order valence-corrected chi connectivity index (χ1v) is 9.01. The molecular formula is C11H15N6O5PS. The second-order valence-corrected chi connectivity index (χ2v) is 6.59. The maximum atomic E-state index is 11.3. The topological polar surface area (TPSA) is 161 Å². The summed E-state index contributed by atoms with van der Waals surface area (Å²) in [5.41, 5.74) is 12.1. The summed E-state index contributed by atoms with van der Waals surface area (Å²) in [7, 11) is -0.891. The average Bonchev–Trinajstić information content (AvgIpc) is 3.07. The van der Waals surface area contributed by atoms with Gasteiger partial charge in [-0.15, -0.1) is 0 Å². The third-order valence-corrected chi connectivity index (χ3v) is 4.36. The van der Waals surface area contributed by atoms with Gasteiger partial charge >= 0.3 is 7.23 Å². The van der Waals surface area contributed by atoms with Gasteiger partial charge in [0.15, 0.2) is 23.8 Å². The Bertz CT molecular complexity index is 775. The predicted octanol–water partition coefficient (Wildman–Crippen LogP) is -0.515. The van der Waals surface area contributed by atoms with Crippen molar-refractivity contribution in [2.24, 2.45) is 0 Å². The van der Waals surface area contributed by atoms with E-state index < -0.39 is 31.8 Å². The van der Waals surface area contributed by atoms with Crippen LogP contribution in [0.25, 0.3) is 11.2 Å². The van der Waals surface area contributed by atoms with Crippen molar-refractivity contribution in [1.29, 1.82) is 0 Å². The number of imidazole rings is 1. The van der Waals surface area contributed by atoms with Gasteiger partial charge in [0.05, 0.1) is 12.9 Å². The van der Waals surface area contributed by atoms with E-state index in [0.29, 0.717) is 11.2 Å². The molecule has 2 aromatic rings. The number of hydrogen-bond donors (Lipinski definition) is 3. The van der Waals surface area contributed by atoms with Gasteiger partial charge in [0.1, 0.15) is 17.7 Å². The minimum Gasteiger partial charge on any atom is -0.408 e. The first kappa shape index (κ1) is 17.3. The monoisotopic (exact) mass is 374 g/mol. The van der Waals surface area contributed by atoms with Gasteiger partial charge in [-0.2, -0.15) is 14.5 Å². The van der Waals surface area contributed by atoms with Gasteiger partial charge in [0.2, 0.25) is 5.95 Å². The van der Waals surface area contributed by atoms with Crippen molar-refractivity contribution in [3.05, 3.63) is 6.33 Å². The normalized spacial score (nSPS) is 27.7. The van der Waals surface area contributed by atoms with E-state index in [1.54, 1.807) is 4.57 Å². The Kier molecular flexibility index (Phi) is 4.85. The van der Waals surface area contributed by atoms with E-state index in [4.69, 9.17) is 25.5 Å². The zero-order valence-corrected chi connectivity index (χ0v) is 14.2. The number of ether oxygens (including phenoxy) is 2. The summed E-state index contributed by atoms with van der Waals surface area (Å²) in [5, 5.41) is 9.50. The molecule has 24 heavy (non-hydrogen) atoms. The van der Waals surface area contributed by atoms with Crippen LogP contribution in [-0.4, -0.2) is 56.7 Å². The quantitative estimate of drug-likeness (QED) is 0.456. The Labute approximate surface area is 142 Å². The lowest BCUT2D eigenvalue weighted by molar-refractivity contribution is -0.0583. The van der Waals surface area contributed by atoms with Crippen LogP contribution in [0, 0.1) is 0 Å². The van der Waals surface area contributed by atoms with Gasteiger partial charge in [-0.25, -0.2) is 4.98 Å². The maximum Gasteiger partial charge on any atom is 0.372 e. The van der Waals surface area contributed by atoms with Crippen LogP contribution in [0.2, 0.25) is 0 Å². The number of aromatic nitrogens is 4. The first-order valence-electron chi connectivity index (χ1n) is 6.82. The van der Waals surface area contributed by atoms with Crippen LogP contribution >= 0.6 is 7.23 Å². The van der Waals surface area contributed by atoms with Gasteiger partial charge in [-0.05, 0) is 0 Å². The summed E-state index contributed by atoms with van der Waals surface area (Å²) in [6, 6.07) is 0. The smallest absolute Gasteiger partial charge is 0.372 e. The number of nitrogen functional groups attached to an aromatic ring is 2. The zero-order chi connectivity index (χ0) is 17.4. The molecule has 0 radical (unpaired) electrons. The lowest BCUT2D eigenvalue weighted by atomic mass is 10.1. The van der Waals surface area contributed by atoms with Crippen LogP contribution in [0.5, 0.6) is 0 Å². The van der Waals surface area contributed by atoms with Crippen molar-refractivity contribution in [2.75, 3.05) is 25.2 Å². The van der Waals surface area contributed by atoms with E-state index in [1.807, 2.05) is 0 Å². The predicted molar refractivity (Wildman–Crippen MR) is 85.8 cm³/mol. The Morgan fingerprint density at radius 3 is 2.83 bits per heavy atom. The summed E-state index contributed by atoms with van der Waals surface area (Å²) < 4.78 is 29.2. The molecule has 1 saturated heterocycles. The summed E-state index contributed by atoms with van der Waals surface area (Å²) in [6.07, 6.45) is -1.63. The van der Waals surface area contributed by atoms with E-state index >= 15 is 0 Å². The molecule has 3 heterocycles. The Balaban J connectivity index is 2.03. The molecule has 0 spiro atoms. The second-order valence-electron chi connectivity index (χ2n) is 5.03. The van der Waals surface area contributed by atoms with Crippen LogP contribution in [0.15, 0.2) is 6.33 Å². The maximum absolute atomic E-state index is 11.3. The third kappa shape index (κ3) is 2.92. The van der Waals surface area contributed by atoms with E-state index in [2.05, 4.69) is 27.2 Å². The molecule has 5 unspecified atom stereocenters. The lowest BCUT2D eigenvalue weighted by Crippen LogP contribution is -2.35. The summed E-state index contributed by atoms with van der Waals surface area (Å²) in [6.45, 7) is -0.370. The van der Waals surface area contributed by atoms with Crippen LogP contribution in [-0.2, 0) is 30.8 Å². The molecule has 130 valence electrons. The van der Waals surface area contributed by atoms with E-state index in [0.717, 1.165) is 0 Å². The third-order valence-electron chi connectivity index (χ3n) is 3.69. The van der Waals surface area contributed by atoms with Crippen molar-refractivity contribution in [3.63, 3.8) is 0 Å². The number of nitrogens with two attached hydrogens (primary N) is 2. The largest absolute Gasteiger partial charge is 0.408 e. The minimum absolute atomic E-state index is 0.0196. The van der Waals surface area contributed by atoms with Gasteiger partial charge in [0.25, 0.3) is 0 Å². The zero-order valence-electron chi connectivity index (χ0n) is 12.5. The molecule has 1 aliphatic heterocycles. The van der Waals surface area contributed by atoms with Gasteiger partial charge in [-0.3, -0.25) is 4.57 Å². The van der Waals surface area contributed by atoms with Crippen molar-refractivity contribution >= 4 is 42.4 Å². The van der Waals surface area contributed by atoms with Gasteiger partial charge in [0, 0.05) is 7.11 Å². The second kappa shape index (κ2) is 6.75. The highest BCUT2D eigenvalue weighted by atomic mass is 32.7. The molecule has 0 amide bonds. The summed E-state index contributed by atoms with van der Waals surface area (Å²) in [4.78, 5) is 12.1. The van der Waals surface area contributed by atoms with Crippen LogP contribution in [0.3, 0.4) is 0 Å². The molecule has 3 rings (SSSR count). The Morgan fingerprint density at radius 2 is 2.21 bits per heavy atom. The molecule has 11 nitrogen and oxygen atoms in total. The molecule has 0 aliphatic carbocycles. The van der Waals surface area contributed by atoms with Crippen molar-refractivity contribution in [1.82, 2.24) is 19.5 Å². The number of methoxy groups -OCH3 is 1. The standard InChI is InChI=1S/C11H15N6O5PS/c1-20-7-6(22-23(19)24)4(2-18)21-10(7)17-3-14-5-8(12)15-11(13)16-9(5)17/h3-4,6-7,10,18H,2H2,1H3,(H4,12,13,15,16). The van der Waals surface area contributed by atoms with Gasteiger partial charge < -0.3 is 38.3 Å². The number of anilines is 2. The number of aliphatic hydroxyl groups excluding tert-OH is 1. The molecule has 0 saturated carbocycles. The Hall–Kier alpha value is -1.56. The van der Waals surface area contributed by atoms with Crippen LogP contribution in [0.4, 0.5) is 11.8 Å². The minimum atomic E-state index is -2.33. The van der Waals surface area contributed by atoms with Crippen LogP contribution in [0.1, 0.15) is 6.23 Å². The fraction of sp³-hybridized carbons (Fsp3) is 0.545. The Morgan fingerprint density at radius 1 is 1.46 bits per heavy atom. The van der Waals surface area contributed by atoms with Crippen molar-refractivity contribution < 1.29 is 23.7 Å². The van der Waals surface area contributed by atoms with E-state index in [9.17, 15) is 9.67 Å². The molecule has 0 aromatic carbocycles. The van der Waals surface area contributed by atoms with Crippen molar-refractivity contribution in [2.45, 2.75) is 24.5 Å². The average molecular weight is 374 g/mol. The highest BCUT2D eigenvalue weighted by Gasteiger charge is 2.49. The molecule has 1 aliphatic rings. The number of fused-ring (bicyclic) bond motifs is 1. The summed E-state index contributed by atoms with van der Waals surface area (Å²) >= 11 is 4.59. The first-order chi connectivity index (χ1) is 11.5. The molecule has 1 fully saturated rings. The number of rotatable bonds is 5. The SMILES string of the molecule is COC1C(O[P+](=O)[S-])C(CO)OC1n1cnc2c(N)nc(N)nc21. The molecule has 5 N–H and O–H groups in total. The van der Waals surface area contributed by atoms with E-state index in [1.165, 1.54) is 13.4 Å². The molecule has 13 heteroatoms.